The van der Waals surface area contributed by atoms with E-state index in [0.29, 0.717) is 6.54 Å². The second-order valence-corrected chi connectivity index (χ2v) is 5.82. The fourth-order valence-electron chi connectivity index (χ4n) is 2.73. The van der Waals surface area contributed by atoms with Crippen molar-refractivity contribution in [2.24, 2.45) is 0 Å². The van der Waals surface area contributed by atoms with E-state index in [1.54, 1.807) is 12.1 Å². The van der Waals surface area contributed by atoms with Gasteiger partial charge in [0.15, 0.2) is 0 Å². The van der Waals surface area contributed by atoms with Crippen molar-refractivity contribution in [1.82, 2.24) is 10.6 Å². The highest BCUT2D eigenvalue weighted by molar-refractivity contribution is 6.30. The van der Waals surface area contributed by atoms with E-state index in [1.165, 1.54) is 17.7 Å². The zero-order valence-electron chi connectivity index (χ0n) is 11.9. The number of hydrogen-bond acceptors (Lipinski definition) is 1. The average Bonchev–Trinajstić information content (AvgIpc) is 2.89. The molecule has 1 atom stereocenters. The van der Waals surface area contributed by atoms with E-state index in [-0.39, 0.29) is 17.9 Å². The Kier molecular flexibility index (Phi) is 4.29. The molecule has 1 unspecified atom stereocenters. The number of carbonyl (C=O) groups excluding carboxylic acids is 1. The molecule has 0 aliphatic heterocycles. The van der Waals surface area contributed by atoms with Gasteiger partial charge in [-0.25, -0.2) is 9.18 Å². The first-order valence-electron chi connectivity index (χ1n) is 7.19. The van der Waals surface area contributed by atoms with Gasteiger partial charge in [-0.2, -0.15) is 0 Å². The molecule has 1 aliphatic rings. The van der Waals surface area contributed by atoms with E-state index in [9.17, 15) is 9.18 Å². The number of benzene rings is 2. The van der Waals surface area contributed by atoms with Crippen molar-refractivity contribution in [2.45, 2.75) is 25.4 Å². The zero-order valence-corrected chi connectivity index (χ0v) is 12.7. The first-order valence-corrected chi connectivity index (χ1v) is 7.57. The van der Waals surface area contributed by atoms with Crippen LogP contribution in [0.15, 0.2) is 42.5 Å². The summed E-state index contributed by atoms with van der Waals surface area (Å²) in [6.45, 7) is 0.367. The second kappa shape index (κ2) is 6.36. The third kappa shape index (κ3) is 3.39. The van der Waals surface area contributed by atoms with Crippen LogP contribution in [0.3, 0.4) is 0 Å². The summed E-state index contributed by atoms with van der Waals surface area (Å²) >= 11 is 5.98. The van der Waals surface area contributed by atoms with E-state index >= 15 is 0 Å². The molecule has 0 aromatic heterocycles. The molecule has 0 fully saturated rings. The van der Waals surface area contributed by atoms with Crippen LogP contribution in [-0.2, 0) is 13.0 Å². The van der Waals surface area contributed by atoms with Gasteiger partial charge >= 0.3 is 6.03 Å². The van der Waals surface area contributed by atoms with Crippen molar-refractivity contribution < 1.29 is 9.18 Å². The Balaban J connectivity index is 1.56. The lowest BCUT2D eigenvalue weighted by atomic mass is 10.1. The number of nitrogens with one attached hydrogen (secondary N) is 2. The van der Waals surface area contributed by atoms with Gasteiger partial charge in [-0.15, -0.1) is 0 Å². The van der Waals surface area contributed by atoms with Crippen LogP contribution >= 0.6 is 11.6 Å². The highest BCUT2D eigenvalue weighted by atomic mass is 35.5. The summed E-state index contributed by atoms with van der Waals surface area (Å²) in [6, 6.07) is 11.6. The van der Waals surface area contributed by atoms with Crippen LogP contribution in [0.5, 0.6) is 0 Å². The highest BCUT2D eigenvalue weighted by Crippen LogP contribution is 2.32. The van der Waals surface area contributed by atoms with Gasteiger partial charge in [-0.3, -0.25) is 0 Å². The summed E-state index contributed by atoms with van der Waals surface area (Å²) in [7, 11) is 0. The van der Waals surface area contributed by atoms with Crippen LogP contribution in [0.25, 0.3) is 0 Å². The van der Waals surface area contributed by atoms with E-state index < -0.39 is 0 Å². The van der Waals surface area contributed by atoms with E-state index in [2.05, 4.69) is 10.6 Å². The van der Waals surface area contributed by atoms with Crippen molar-refractivity contribution in [3.63, 3.8) is 0 Å². The first-order chi connectivity index (χ1) is 10.6. The fourth-order valence-corrected chi connectivity index (χ4v) is 2.92. The second-order valence-electron chi connectivity index (χ2n) is 5.39. The van der Waals surface area contributed by atoms with Gasteiger partial charge < -0.3 is 10.6 Å². The average molecular weight is 319 g/mol. The number of carbonyl (C=O) groups is 1. The molecule has 3 nitrogen and oxygen atoms in total. The summed E-state index contributed by atoms with van der Waals surface area (Å²) in [4.78, 5) is 12.0. The van der Waals surface area contributed by atoms with Gasteiger partial charge in [0.25, 0.3) is 0 Å². The predicted octanol–water partition coefficient (Wildman–Crippen LogP) is 3.97. The SMILES string of the molecule is O=C(NCc1ccc(F)cc1)NC1CCc2cc(Cl)ccc21. The number of fused-ring (bicyclic) bond motifs is 1. The summed E-state index contributed by atoms with van der Waals surface area (Å²) in [5.41, 5.74) is 3.17. The largest absolute Gasteiger partial charge is 0.334 e. The molecule has 114 valence electrons. The minimum Gasteiger partial charge on any atom is -0.334 e. The van der Waals surface area contributed by atoms with Crippen LogP contribution in [0.1, 0.15) is 29.2 Å². The van der Waals surface area contributed by atoms with Gasteiger partial charge in [-0.1, -0.05) is 29.8 Å². The molecule has 3 rings (SSSR count). The first kappa shape index (κ1) is 14.9. The minimum absolute atomic E-state index is 0.0143. The maximum absolute atomic E-state index is 12.8. The summed E-state index contributed by atoms with van der Waals surface area (Å²) < 4.78 is 12.8. The van der Waals surface area contributed by atoms with Crippen LogP contribution < -0.4 is 10.6 Å². The number of hydrogen-bond donors (Lipinski definition) is 2. The number of amides is 2. The molecule has 2 aromatic rings. The standard InChI is InChI=1S/C17H16ClFN2O/c18-13-4-7-15-12(9-13)3-8-16(15)21-17(22)20-10-11-1-5-14(19)6-2-11/h1-2,4-7,9,16H,3,8,10H2,(H2,20,21,22). The van der Waals surface area contributed by atoms with Crippen molar-refractivity contribution in [1.29, 1.82) is 0 Å². The molecule has 0 saturated heterocycles. The van der Waals surface area contributed by atoms with Crippen LogP contribution in [0, 0.1) is 5.82 Å². The monoisotopic (exact) mass is 318 g/mol. The van der Waals surface area contributed by atoms with Crippen molar-refractivity contribution in [3.8, 4) is 0 Å². The van der Waals surface area contributed by atoms with E-state index in [0.717, 1.165) is 29.0 Å². The van der Waals surface area contributed by atoms with Gasteiger partial charge in [-0.05, 0) is 53.8 Å². The van der Waals surface area contributed by atoms with E-state index in [1.807, 2.05) is 18.2 Å². The third-order valence-corrected chi connectivity index (χ3v) is 4.09. The molecule has 0 spiro atoms. The number of rotatable bonds is 3. The quantitative estimate of drug-likeness (QED) is 0.883. The highest BCUT2D eigenvalue weighted by Gasteiger charge is 2.23. The Morgan fingerprint density at radius 1 is 1.23 bits per heavy atom. The summed E-state index contributed by atoms with van der Waals surface area (Å²) in [5, 5.41) is 6.48. The Labute approximate surface area is 133 Å². The Bertz CT molecular complexity index is 688. The molecule has 2 N–H and O–H groups in total. The molecule has 0 saturated carbocycles. The molecular formula is C17H16ClFN2O. The minimum atomic E-state index is -0.283. The molecule has 2 amide bonds. The molecule has 0 bridgehead atoms. The van der Waals surface area contributed by atoms with Crippen LogP contribution in [0.4, 0.5) is 9.18 Å². The molecule has 22 heavy (non-hydrogen) atoms. The third-order valence-electron chi connectivity index (χ3n) is 3.85. The number of halogens is 2. The zero-order chi connectivity index (χ0) is 15.5. The van der Waals surface area contributed by atoms with Crippen LogP contribution in [-0.4, -0.2) is 6.03 Å². The molecule has 1 aliphatic carbocycles. The Morgan fingerprint density at radius 2 is 2.00 bits per heavy atom. The molecule has 2 aromatic carbocycles. The number of urea groups is 1. The lowest BCUT2D eigenvalue weighted by Gasteiger charge is -2.15. The maximum Gasteiger partial charge on any atom is 0.315 e. The van der Waals surface area contributed by atoms with Gasteiger partial charge in [0, 0.05) is 11.6 Å². The summed E-state index contributed by atoms with van der Waals surface area (Å²) in [6.07, 6.45) is 1.79. The normalized spacial score (nSPS) is 16.2. The smallest absolute Gasteiger partial charge is 0.315 e. The lowest BCUT2D eigenvalue weighted by Crippen LogP contribution is -2.36. The van der Waals surface area contributed by atoms with E-state index in [4.69, 9.17) is 11.6 Å². The van der Waals surface area contributed by atoms with Gasteiger partial charge in [0.05, 0.1) is 6.04 Å². The van der Waals surface area contributed by atoms with Crippen molar-refractivity contribution >= 4 is 17.6 Å². The Hall–Kier alpha value is -2.07. The van der Waals surface area contributed by atoms with Crippen molar-refractivity contribution in [2.75, 3.05) is 0 Å². The van der Waals surface area contributed by atoms with Gasteiger partial charge in [0.1, 0.15) is 5.82 Å². The summed E-state index contributed by atoms with van der Waals surface area (Å²) in [5.74, 6) is -0.283. The maximum atomic E-state index is 12.8. The van der Waals surface area contributed by atoms with Crippen molar-refractivity contribution in [3.05, 3.63) is 70.0 Å². The molecule has 5 heteroatoms. The topological polar surface area (TPSA) is 41.1 Å². The lowest BCUT2D eigenvalue weighted by molar-refractivity contribution is 0.236. The molecular weight excluding hydrogens is 303 g/mol. The predicted molar refractivity (Wildman–Crippen MR) is 84.3 cm³/mol. The molecule has 0 heterocycles. The fraction of sp³-hybridized carbons (Fsp3) is 0.235. The van der Waals surface area contributed by atoms with Gasteiger partial charge in [0.2, 0.25) is 0 Å². The Morgan fingerprint density at radius 3 is 2.77 bits per heavy atom. The molecule has 0 radical (unpaired) electrons. The van der Waals surface area contributed by atoms with Crippen LogP contribution in [0.2, 0.25) is 5.02 Å². The number of aryl methyl sites for hydroxylation is 1.